The van der Waals surface area contributed by atoms with E-state index < -0.39 is 0 Å². The first-order chi connectivity index (χ1) is 4.70. The van der Waals surface area contributed by atoms with Gasteiger partial charge in [-0.3, -0.25) is 0 Å². The lowest BCUT2D eigenvalue weighted by atomic mass is 10.1. The van der Waals surface area contributed by atoms with Gasteiger partial charge < -0.3 is 0 Å². The third-order valence-corrected chi connectivity index (χ3v) is 1.23. The van der Waals surface area contributed by atoms with Crippen molar-refractivity contribution in [2.75, 3.05) is 0 Å². The third-order valence-electron chi connectivity index (χ3n) is 1.23. The highest BCUT2D eigenvalue weighted by atomic mass is 13.9. The lowest BCUT2D eigenvalue weighted by Crippen LogP contribution is -1.77. The molecule has 56 valence electrons. The monoisotopic (exact) mass is 136 g/mol. The van der Waals surface area contributed by atoms with Gasteiger partial charge in [-0.25, -0.2) is 0 Å². The van der Waals surface area contributed by atoms with Gasteiger partial charge in [-0.15, -0.1) is 0 Å². The fraction of sp³-hybridized carbons (Fsp3) is 0.400. The van der Waals surface area contributed by atoms with Crippen LogP contribution in [-0.4, -0.2) is 0 Å². The Morgan fingerprint density at radius 3 is 2.40 bits per heavy atom. The first-order valence-corrected chi connectivity index (χ1v) is 3.69. The SMILES string of the molecule is C=C/C(=C\C(=C)C)CCC. The Balaban J connectivity index is 4.03. The Kier molecular flexibility index (Phi) is 4.65. The Morgan fingerprint density at radius 2 is 2.10 bits per heavy atom. The van der Waals surface area contributed by atoms with E-state index in [0.717, 1.165) is 12.0 Å². The molecule has 0 saturated heterocycles. The van der Waals surface area contributed by atoms with Crippen molar-refractivity contribution >= 4 is 0 Å². The summed E-state index contributed by atoms with van der Waals surface area (Å²) in [5, 5.41) is 0. The van der Waals surface area contributed by atoms with Crippen molar-refractivity contribution in [3.05, 3.63) is 36.5 Å². The Hall–Kier alpha value is -0.780. The fourth-order valence-electron chi connectivity index (χ4n) is 0.838. The molecule has 0 amide bonds. The van der Waals surface area contributed by atoms with Crippen LogP contribution in [0.1, 0.15) is 26.7 Å². The molecule has 0 aromatic rings. The van der Waals surface area contributed by atoms with Gasteiger partial charge in [-0.2, -0.15) is 0 Å². The molecular weight excluding hydrogens is 120 g/mol. The van der Waals surface area contributed by atoms with E-state index in [-0.39, 0.29) is 0 Å². The first kappa shape index (κ1) is 9.22. The zero-order valence-electron chi connectivity index (χ0n) is 6.98. The second-order valence-corrected chi connectivity index (χ2v) is 2.52. The molecule has 0 radical (unpaired) electrons. The number of hydrogen-bond donors (Lipinski definition) is 0. The van der Waals surface area contributed by atoms with Gasteiger partial charge in [0, 0.05) is 0 Å². The average molecular weight is 136 g/mol. The Bertz CT molecular complexity index is 149. The van der Waals surface area contributed by atoms with E-state index >= 15 is 0 Å². The highest BCUT2D eigenvalue weighted by molar-refractivity contribution is 5.25. The lowest BCUT2D eigenvalue weighted by Gasteiger charge is -1.97. The molecule has 0 heteroatoms. The molecule has 0 heterocycles. The summed E-state index contributed by atoms with van der Waals surface area (Å²) >= 11 is 0. The number of hydrogen-bond acceptors (Lipinski definition) is 0. The molecule has 0 aliphatic heterocycles. The van der Waals surface area contributed by atoms with Gasteiger partial charge in [0.1, 0.15) is 0 Å². The quantitative estimate of drug-likeness (QED) is 0.519. The Morgan fingerprint density at radius 1 is 1.50 bits per heavy atom. The van der Waals surface area contributed by atoms with Crippen molar-refractivity contribution in [2.45, 2.75) is 26.7 Å². The van der Waals surface area contributed by atoms with Gasteiger partial charge in [0.25, 0.3) is 0 Å². The van der Waals surface area contributed by atoms with Crippen LogP contribution in [0.4, 0.5) is 0 Å². The molecule has 0 unspecified atom stereocenters. The summed E-state index contributed by atoms with van der Waals surface area (Å²) in [6.45, 7) is 11.7. The third kappa shape index (κ3) is 4.13. The standard InChI is InChI=1S/C10H16/c1-5-7-10(6-2)8-9(3)4/h6,8H,2-3,5,7H2,1,4H3/b10-8+. The lowest BCUT2D eigenvalue weighted by molar-refractivity contribution is 0.925. The van der Waals surface area contributed by atoms with Gasteiger partial charge in [-0.1, -0.05) is 44.2 Å². The van der Waals surface area contributed by atoms with Crippen LogP contribution in [0.3, 0.4) is 0 Å². The average Bonchev–Trinajstić information content (AvgIpc) is 1.86. The van der Waals surface area contributed by atoms with Crippen molar-refractivity contribution < 1.29 is 0 Å². The van der Waals surface area contributed by atoms with Crippen LogP contribution in [0, 0.1) is 0 Å². The summed E-state index contributed by atoms with van der Waals surface area (Å²) < 4.78 is 0. The Labute approximate surface area is 64.0 Å². The van der Waals surface area contributed by atoms with E-state index in [1.165, 1.54) is 12.0 Å². The van der Waals surface area contributed by atoms with Crippen LogP contribution < -0.4 is 0 Å². The van der Waals surface area contributed by atoms with Crippen LogP contribution in [0.5, 0.6) is 0 Å². The zero-order valence-corrected chi connectivity index (χ0v) is 6.98. The van der Waals surface area contributed by atoms with E-state index in [0.29, 0.717) is 0 Å². The van der Waals surface area contributed by atoms with Crippen molar-refractivity contribution in [1.29, 1.82) is 0 Å². The molecule has 0 spiro atoms. The van der Waals surface area contributed by atoms with Crippen LogP contribution in [0.2, 0.25) is 0 Å². The highest BCUT2D eigenvalue weighted by Crippen LogP contribution is 2.07. The summed E-state index contributed by atoms with van der Waals surface area (Å²) in [7, 11) is 0. The molecule has 0 aliphatic carbocycles. The second kappa shape index (κ2) is 5.04. The minimum Gasteiger partial charge on any atom is -0.0988 e. The van der Waals surface area contributed by atoms with Gasteiger partial charge in [0.05, 0.1) is 0 Å². The topological polar surface area (TPSA) is 0 Å². The van der Waals surface area contributed by atoms with Crippen LogP contribution >= 0.6 is 0 Å². The minimum absolute atomic E-state index is 1.10. The largest absolute Gasteiger partial charge is 0.0988 e. The van der Waals surface area contributed by atoms with E-state index in [4.69, 9.17) is 0 Å². The zero-order chi connectivity index (χ0) is 7.98. The maximum Gasteiger partial charge on any atom is -0.0282 e. The predicted octanol–water partition coefficient (Wildman–Crippen LogP) is 3.48. The van der Waals surface area contributed by atoms with Gasteiger partial charge in [0.2, 0.25) is 0 Å². The molecular formula is C10H16. The summed E-state index contributed by atoms with van der Waals surface area (Å²) in [5.41, 5.74) is 2.39. The molecule has 0 bridgehead atoms. The number of allylic oxidation sites excluding steroid dienone is 4. The highest BCUT2D eigenvalue weighted by Gasteiger charge is 1.87. The molecule has 0 atom stereocenters. The summed E-state index contributed by atoms with van der Waals surface area (Å²) in [4.78, 5) is 0. The van der Waals surface area contributed by atoms with Crippen LogP contribution in [-0.2, 0) is 0 Å². The van der Waals surface area contributed by atoms with Crippen LogP contribution in [0.15, 0.2) is 36.5 Å². The predicted molar refractivity (Wildman–Crippen MR) is 48.0 cm³/mol. The minimum atomic E-state index is 1.10. The maximum atomic E-state index is 3.80. The number of rotatable bonds is 4. The van der Waals surface area contributed by atoms with E-state index in [9.17, 15) is 0 Å². The van der Waals surface area contributed by atoms with Crippen molar-refractivity contribution in [3.8, 4) is 0 Å². The van der Waals surface area contributed by atoms with Gasteiger partial charge >= 0.3 is 0 Å². The van der Waals surface area contributed by atoms with Gasteiger partial charge in [0.15, 0.2) is 0 Å². The first-order valence-electron chi connectivity index (χ1n) is 3.69. The van der Waals surface area contributed by atoms with E-state index in [1.807, 2.05) is 13.0 Å². The maximum absolute atomic E-state index is 3.80. The van der Waals surface area contributed by atoms with E-state index in [1.54, 1.807) is 0 Å². The normalized spacial score (nSPS) is 11.2. The van der Waals surface area contributed by atoms with Gasteiger partial charge in [-0.05, 0) is 18.9 Å². The molecule has 0 saturated carbocycles. The molecule has 0 fully saturated rings. The van der Waals surface area contributed by atoms with Crippen molar-refractivity contribution in [2.24, 2.45) is 0 Å². The fourth-order valence-corrected chi connectivity index (χ4v) is 0.838. The molecule has 0 aliphatic rings. The van der Waals surface area contributed by atoms with E-state index in [2.05, 4.69) is 26.2 Å². The molecule has 0 nitrogen and oxygen atoms in total. The van der Waals surface area contributed by atoms with Crippen molar-refractivity contribution in [3.63, 3.8) is 0 Å². The van der Waals surface area contributed by atoms with Crippen molar-refractivity contribution in [1.82, 2.24) is 0 Å². The van der Waals surface area contributed by atoms with Crippen LogP contribution in [0.25, 0.3) is 0 Å². The molecule has 0 rings (SSSR count). The smallest absolute Gasteiger partial charge is 0.0282 e. The molecule has 0 aromatic heterocycles. The molecule has 0 aromatic carbocycles. The summed E-state index contributed by atoms with van der Waals surface area (Å²) in [5.74, 6) is 0. The molecule has 10 heavy (non-hydrogen) atoms. The summed E-state index contributed by atoms with van der Waals surface area (Å²) in [6.07, 6.45) is 6.26. The summed E-state index contributed by atoms with van der Waals surface area (Å²) in [6, 6.07) is 0. The second-order valence-electron chi connectivity index (χ2n) is 2.52. The molecule has 0 N–H and O–H groups in total.